The van der Waals surface area contributed by atoms with Gasteiger partial charge in [-0.1, -0.05) is 13.8 Å². The van der Waals surface area contributed by atoms with Crippen LogP contribution in [-0.2, 0) is 4.79 Å². The number of amides is 1. The highest BCUT2D eigenvalue weighted by atomic mass is 19.1. The average Bonchev–Trinajstić information content (AvgIpc) is 2.27. The molecule has 0 saturated heterocycles. The van der Waals surface area contributed by atoms with Crippen molar-refractivity contribution in [2.45, 2.75) is 20.3 Å². The number of halogens is 1. The second-order valence-electron chi connectivity index (χ2n) is 4.70. The molecule has 2 rings (SSSR count). The summed E-state index contributed by atoms with van der Waals surface area (Å²) >= 11 is 0. The number of fused-ring (bicyclic) bond motifs is 1. The third kappa shape index (κ3) is 2.83. The minimum absolute atomic E-state index is 0.103. The molecule has 4 heteroatoms. The summed E-state index contributed by atoms with van der Waals surface area (Å²) in [4.78, 5) is 15.7. The van der Waals surface area contributed by atoms with Crippen LogP contribution in [0.4, 0.5) is 10.1 Å². The number of aromatic nitrogens is 1. The summed E-state index contributed by atoms with van der Waals surface area (Å²) in [6.45, 7) is 3.93. The summed E-state index contributed by atoms with van der Waals surface area (Å²) in [6.07, 6.45) is 3.62. The van der Waals surface area contributed by atoms with Gasteiger partial charge in [-0.25, -0.2) is 4.39 Å². The number of rotatable bonds is 3. The van der Waals surface area contributed by atoms with E-state index in [0.29, 0.717) is 17.5 Å². The minimum Gasteiger partial charge on any atom is -0.325 e. The van der Waals surface area contributed by atoms with Gasteiger partial charge in [0.1, 0.15) is 5.82 Å². The molecule has 0 aliphatic heterocycles. The van der Waals surface area contributed by atoms with Crippen molar-refractivity contribution in [3.8, 4) is 0 Å². The van der Waals surface area contributed by atoms with E-state index in [2.05, 4.69) is 10.3 Å². The molecule has 94 valence electrons. The first-order chi connectivity index (χ1) is 8.56. The summed E-state index contributed by atoms with van der Waals surface area (Å²) in [5, 5.41) is 4.22. The van der Waals surface area contributed by atoms with Crippen molar-refractivity contribution in [3.63, 3.8) is 0 Å². The van der Waals surface area contributed by atoms with Gasteiger partial charge in [0.05, 0.1) is 5.69 Å². The first-order valence-corrected chi connectivity index (χ1v) is 5.89. The van der Waals surface area contributed by atoms with Gasteiger partial charge in [-0.05, 0) is 24.1 Å². The number of nitrogens with one attached hydrogen (secondary N) is 1. The van der Waals surface area contributed by atoms with E-state index in [1.807, 2.05) is 13.8 Å². The maximum atomic E-state index is 13.4. The monoisotopic (exact) mass is 246 g/mol. The highest BCUT2D eigenvalue weighted by molar-refractivity contribution is 6.01. The van der Waals surface area contributed by atoms with Gasteiger partial charge >= 0.3 is 0 Å². The number of benzene rings is 1. The van der Waals surface area contributed by atoms with Crippen LogP contribution in [0.5, 0.6) is 0 Å². The number of carbonyl (C=O) groups is 1. The van der Waals surface area contributed by atoms with Crippen molar-refractivity contribution in [1.82, 2.24) is 4.98 Å². The van der Waals surface area contributed by atoms with Crippen LogP contribution in [0.2, 0.25) is 0 Å². The van der Waals surface area contributed by atoms with Crippen LogP contribution in [0.3, 0.4) is 0 Å². The molecular weight excluding hydrogens is 231 g/mol. The van der Waals surface area contributed by atoms with E-state index in [-0.39, 0.29) is 17.6 Å². The minimum atomic E-state index is -0.379. The number of carbonyl (C=O) groups excluding carboxylic acids is 1. The summed E-state index contributed by atoms with van der Waals surface area (Å²) in [7, 11) is 0. The lowest BCUT2D eigenvalue weighted by Gasteiger charge is -2.10. The van der Waals surface area contributed by atoms with E-state index in [1.54, 1.807) is 18.5 Å². The zero-order valence-electron chi connectivity index (χ0n) is 10.4. The van der Waals surface area contributed by atoms with Crippen molar-refractivity contribution in [2.75, 3.05) is 5.32 Å². The Labute approximate surface area is 105 Å². The normalized spacial score (nSPS) is 10.9. The number of hydrogen-bond donors (Lipinski definition) is 1. The van der Waals surface area contributed by atoms with Crippen molar-refractivity contribution >= 4 is 22.4 Å². The van der Waals surface area contributed by atoms with Crippen molar-refractivity contribution in [2.24, 2.45) is 5.92 Å². The topological polar surface area (TPSA) is 42.0 Å². The molecule has 3 nitrogen and oxygen atoms in total. The molecule has 1 amide bonds. The second-order valence-corrected chi connectivity index (χ2v) is 4.70. The molecule has 0 unspecified atom stereocenters. The van der Waals surface area contributed by atoms with Crippen LogP contribution in [0, 0.1) is 11.7 Å². The van der Waals surface area contributed by atoms with E-state index in [1.165, 1.54) is 12.1 Å². The molecule has 1 aromatic heterocycles. The number of nitrogens with zero attached hydrogens (tertiary/aromatic N) is 1. The molecular formula is C14H15FN2O. The third-order valence-electron chi connectivity index (χ3n) is 2.59. The number of hydrogen-bond acceptors (Lipinski definition) is 2. The molecule has 1 aromatic carbocycles. The lowest BCUT2D eigenvalue weighted by molar-refractivity contribution is -0.116. The highest BCUT2D eigenvalue weighted by Gasteiger charge is 2.09. The molecule has 0 radical (unpaired) electrons. The molecule has 18 heavy (non-hydrogen) atoms. The van der Waals surface area contributed by atoms with Gasteiger partial charge in [0.15, 0.2) is 0 Å². The van der Waals surface area contributed by atoms with Crippen LogP contribution in [0.15, 0.2) is 30.6 Å². The van der Waals surface area contributed by atoms with Crippen molar-refractivity contribution < 1.29 is 9.18 Å². The second kappa shape index (κ2) is 5.12. The Balaban J connectivity index is 2.35. The van der Waals surface area contributed by atoms with E-state index in [0.717, 1.165) is 5.39 Å². The maximum Gasteiger partial charge on any atom is 0.224 e. The highest BCUT2D eigenvalue weighted by Crippen LogP contribution is 2.24. The molecule has 0 atom stereocenters. The van der Waals surface area contributed by atoms with E-state index in [9.17, 15) is 9.18 Å². The van der Waals surface area contributed by atoms with E-state index in [4.69, 9.17) is 0 Å². The van der Waals surface area contributed by atoms with Crippen molar-refractivity contribution in [3.05, 3.63) is 36.4 Å². The standard InChI is InChI=1S/C14H15FN2O/c1-9(2)5-14(18)17-13-7-11(15)6-10-8-16-4-3-12(10)13/h3-4,6-9H,5H2,1-2H3,(H,17,18). The smallest absolute Gasteiger partial charge is 0.224 e. The number of pyridine rings is 1. The Hall–Kier alpha value is -1.97. The van der Waals surface area contributed by atoms with Crippen molar-refractivity contribution in [1.29, 1.82) is 0 Å². The fourth-order valence-electron chi connectivity index (χ4n) is 1.85. The molecule has 0 saturated carbocycles. The molecule has 0 spiro atoms. The molecule has 0 aliphatic rings. The van der Waals surface area contributed by atoms with Gasteiger partial charge in [0.25, 0.3) is 0 Å². The van der Waals surface area contributed by atoms with E-state index >= 15 is 0 Å². The van der Waals surface area contributed by atoms with Crippen LogP contribution < -0.4 is 5.32 Å². The molecule has 2 aromatic rings. The summed E-state index contributed by atoms with van der Waals surface area (Å²) in [6, 6.07) is 4.50. The number of anilines is 1. The van der Waals surface area contributed by atoms with Gasteiger partial charge in [-0.2, -0.15) is 0 Å². The average molecular weight is 246 g/mol. The molecule has 0 aliphatic carbocycles. The maximum absolute atomic E-state index is 13.4. The molecule has 1 heterocycles. The van der Waals surface area contributed by atoms with Crippen LogP contribution in [0.25, 0.3) is 10.8 Å². The Bertz CT molecular complexity index is 581. The van der Waals surface area contributed by atoms with Crippen LogP contribution in [-0.4, -0.2) is 10.9 Å². The molecule has 0 fully saturated rings. The summed E-state index contributed by atoms with van der Waals surface area (Å²) < 4.78 is 13.4. The lowest BCUT2D eigenvalue weighted by Crippen LogP contribution is -2.14. The molecule has 0 bridgehead atoms. The predicted molar refractivity (Wildman–Crippen MR) is 69.8 cm³/mol. The van der Waals surface area contributed by atoms with E-state index < -0.39 is 0 Å². The van der Waals surface area contributed by atoms with Gasteiger partial charge in [-0.3, -0.25) is 9.78 Å². The summed E-state index contributed by atoms with van der Waals surface area (Å²) in [5.74, 6) is -0.212. The van der Waals surface area contributed by atoms with Gasteiger partial charge in [-0.15, -0.1) is 0 Å². The fraction of sp³-hybridized carbons (Fsp3) is 0.286. The molecule has 1 N–H and O–H groups in total. The lowest BCUT2D eigenvalue weighted by atomic mass is 10.1. The van der Waals surface area contributed by atoms with Gasteiger partial charge in [0, 0.05) is 29.6 Å². The summed E-state index contributed by atoms with van der Waals surface area (Å²) in [5.41, 5.74) is 0.498. The Kier molecular flexibility index (Phi) is 3.55. The van der Waals surface area contributed by atoms with Crippen LogP contribution >= 0.6 is 0 Å². The van der Waals surface area contributed by atoms with Crippen LogP contribution in [0.1, 0.15) is 20.3 Å². The van der Waals surface area contributed by atoms with Gasteiger partial charge in [0.2, 0.25) is 5.91 Å². The fourth-order valence-corrected chi connectivity index (χ4v) is 1.85. The van der Waals surface area contributed by atoms with Gasteiger partial charge < -0.3 is 5.32 Å². The Morgan fingerprint density at radius 1 is 1.44 bits per heavy atom. The quantitative estimate of drug-likeness (QED) is 0.902. The predicted octanol–water partition coefficient (Wildman–Crippen LogP) is 3.36. The largest absolute Gasteiger partial charge is 0.325 e. The third-order valence-corrected chi connectivity index (χ3v) is 2.59. The Morgan fingerprint density at radius 3 is 2.94 bits per heavy atom. The Morgan fingerprint density at radius 2 is 2.22 bits per heavy atom. The SMILES string of the molecule is CC(C)CC(=O)Nc1cc(F)cc2cnccc12. The first-order valence-electron chi connectivity index (χ1n) is 5.89. The zero-order chi connectivity index (χ0) is 13.1. The first kappa shape index (κ1) is 12.5. The zero-order valence-corrected chi connectivity index (χ0v) is 10.4.